The molecule has 0 aliphatic carbocycles. The fourth-order valence-electron chi connectivity index (χ4n) is 2.58. The van der Waals surface area contributed by atoms with Crippen LogP contribution in [0.25, 0.3) is 10.9 Å². The smallest absolute Gasteiger partial charge is 0.293 e. The van der Waals surface area contributed by atoms with Gasteiger partial charge < -0.3 is 14.2 Å². The first-order chi connectivity index (χ1) is 10.2. The molecule has 7 nitrogen and oxygen atoms in total. The summed E-state index contributed by atoms with van der Waals surface area (Å²) >= 11 is 0. The lowest BCUT2D eigenvalue weighted by molar-refractivity contribution is -0.383. The number of hydrogen-bond donors (Lipinski definition) is 0. The first-order valence-corrected chi connectivity index (χ1v) is 6.74. The summed E-state index contributed by atoms with van der Waals surface area (Å²) in [5.74, 6) is -0.0473. The number of para-hydroxylation sites is 1. The van der Waals surface area contributed by atoms with Gasteiger partial charge in [0.1, 0.15) is 12.1 Å². The topological polar surface area (TPSA) is 77.6 Å². The molecule has 21 heavy (non-hydrogen) atoms. The minimum Gasteiger partial charge on any atom is -0.378 e. The van der Waals surface area contributed by atoms with E-state index in [2.05, 4.69) is 0 Å². The summed E-state index contributed by atoms with van der Waals surface area (Å²) in [7, 11) is 0. The minimum absolute atomic E-state index is 0.0206. The maximum absolute atomic E-state index is 12.3. The summed E-state index contributed by atoms with van der Waals surface area (Å²) in [5.41, 5.74) is 0.511. The van der Waals surface area contributed by atoms with Crippen LogP contribution in [0.3, 0.4) is 0 Å². The summed E-state index contributed by atoms with van der Waals surface area (Å²) in [6.45, 7) is 2.32. The van der Waals surface area contributed by atoms with Gasteiger partial charge in [0.15, 0.2) is 0 Å². The number of hydrogen-bond acceptors (Lipinski definition) is 4. The van der Waals surface area contributed by atoms with Gasteiger partial charge in [-0.1, -0.05) is 12.1 Å². The van der Waals surface area contributed by atoms with Gasteiger partial charge in [0.05, 0.1) is 18.1 Å². The lowest BCUT2D eigenvalue weighted by Gasteiger charge is -2.27. The molecule has 0 spiro atoms. The second-order valence-electron chi connectivity index (χ2n) is 4.91. The van der Waals surface area contributed by atoms with E-state index in [1.54, 1.807) is 33.9 Å². The van der Waals surface area contributed by atoms with E-state index in [1.165, 1.54) is 6.07 Å². The molecule has 2 aromatic rings. The van der Waals surface area contributed by atoms with Crippen LogP contribution in [0.5, 0.6) is 0 Å². The van der Waals surface area contributed by atoms with Gasteiger partial charge in [0.2, 0.25) is 5.91 Å². The van der Waals surface area contributed by atoms with Crippen LogP contribution in [0, 0.1) is 10.1 Å². The lowest BCUT2D eigenvalue weighted by Crippen LogP contribution is -2.42. The molecule has 0 saturated carbocycles. The zero-order chi connectivity index (χ0) is 14.8. The van der Waals surface area contributed by atoms with Gasteiger partial charge in [0, 0.05) is 30.7 Å². The number of carbonyl (C=O) groups is 1. The van der Waals surface area contributed by atoms with E-state index in [1.807, 2.05) is 0 Å². The SMILES string of the molecule is O=C(Cn1ccc2cccc([N+](=O)[O-])c21)N1CCOCC1. The molecule has 0 radical (unpaired) electrons. The Balaban J connectivity index is 1.90. The van der Waals surface area contributed by atoms with E-state index < -0.39 is 4.92 Å². The quantitative estimate of drug-likeness (QED) is 0.632. The van der Waals surface area contributed by atoms with E-state index in [4.69, 9.17) is 4.74 Å². The fraction of sp³-hybridized carbons (Fsp3) is 0.357. The Hall–Kier alpha value is -2.41. The third kappa shape index (κ3) is 2.59. The predicted molar refractivity (Wildman–Crippen MR) is 76.0 cm³/mol. The zero-order valence-corrected chi connectivity index (χ0v) is 11.4. The standard InChI is InChI=1S/C14H15N3O4/c18-13(15-6-8-21-9-7-15)10-16-5-4-11-2-1-3-12(14(11)16)17(19)20/h1-5H,6-10H2. The van der Waals surface area contributed by atoms with E-state index >= 15 is 0 Å². The molecular formula is C14H15N3O4. The van der Waals surface area contributed by atoms with Gasteiger partial charge in [0.25, 0.3) is 5.69 Å². The van der Waals surface area contributed by atoms with Crippen LogP contribution in [-0.2, 0) is 16.1 Å². The number of aromatic nitrogens is 1. The normalized spacial score (nSPS) is 15.3. The average molecular weight is 289 g/mol. The molecule has 1 aliphatic rings. The van der Waals surface area contributed by atoms with E-state index in [0.29, 0.717) is 31.8 Å². The Morgan fingerprint density at radius 2 is 2.05 bits per heavy atom. The molecule has 7 heteroatoms. The molecule has 0 atom stereocenters. The molecule has 2 heterocycles. The molecule has 1 amide bonds. The maximum Gasteiger partial charge on any atom is 0.293 e. The Kier molecular flexibility index (Phi) is 3.57. The molecule has 0 N–H and O–H groups in total. The van der Waals surface area contributed by atoms with Gasteiger partial charge in [-0.3, -0.25) is 14.9 Å². The number of nitro benzene ring substituents is 1. The van der Waals surface area contributed by atoms with Gasteiger partial charge in [-0.05, 0) is 6.07 Å². The molecular weight excluding hydrogens is 274 g/mol. The van der Waals surface area contributed by atoms with Crippen molar-refractivity contribution in [2.45, 2.75) is 6.54 Å². The van der Waals surface area contributed by atoms with Crippen LogP contribution in [-0.4, -0.2) is 46.6 Å². The van der Waals surface area contributed by atoms with Crippen molar-refractivity contribution in [3.63, 3.8) is 0 Å². The van der Waals surface area contributed by atoms with Gasteiger partial charge in [-0.2, -0.15) is 0 Å². The third-order valence-corrected chi connectivity index (χ3v) is 3.63. The van der Waals surface area contributed by atoms with E-state index in [-0.39, 0.29) is 18.1 Å². The van der Waals surface area contributed by atoms with Crippen LogP contribution in [0.1, 0.15) is 0 Å². The average Bonchev–Trinajstić information content (AvgIpc) is 2.91. The maximum atomic E-state index is 12.3. The van der Waals surface area contributed by atoms with Crippen LogP contribution in [0.4, 0.5) is 5.69 Å². The van der Waals surface area contributed by atoms with Crippen LogP contribution in [0.2, 0.25) is 0 Å². The minimum atomic E-state index is -0.419. The zero-order valence-electron chi connectivity index (χ0n) is 11.4. The number of fused-ring (bicyclic) bond motifs is 1. The highest BCUT2D eigenvalue weighted by atomic mass is 16.6. The summed E-state index contributed by atoms with van der Waals surface area (Å²) in [5, 5.41) is 11.9. The van der Waals surface area contributed by atoms with Crippen molar-refractivity contribution in [2.24, 2.45) is 0 Å². The highest BCUT2D eigenvalue weighted by Gasteiger charge is 2.20. The van der Waals surface area contributed by atoms with Crippen molar-refractivity contribution in [2.75, 3.05) is 26.3 Å². The lowest BCUT2D eigenvalue weighted by atomic mass is 10.2. The second kappa shape index (κ2) is 5.53. The van der Waals surface area contributed by atoms with Gasteiger partial charge in [-0.25, -0.2) is 0 Å². The molecule has 1 aromatic carbocycles. The monoisotopic (exact) mass is 289 g/mol. The van der Waals surface area contributed by atoms with E-state index in [0.717, 1.165) is 5.39 Å². The van der Waals surface area contributed by atoms with Crippen molar-refractivity contribution in [3.05, 3.63) is 40.6 Å². The number of nitrogens with zero attached hydrogens (tertiary/aromatic N) is 3. The highest BCUT2D eigenvalue weighted by Crippen LogP contribution is 2.26. The Morgan fingerprint density at radius 3 is 2.76 bits per heavy atom. The summed E-state index contributed by atoms with van der Waals surface area (Å²) in [6.07, 6.45) is 1.72. The molecule has 1 aliphatic heterocycles. The molecule has 3 rings (SSSR count). The van der Waals surface area contributed by atoms with Crippen molar-refractivity contribution in [1.82, 2.24) is 9.47 Å². The summed E-state index contributed by atoms with van der Waals surface area (Å²) < 4.78 is 6.86. The van der Waals surface area contributed by atoms with Crippen molar-refractivity contribution in [1.29, 1.82) is 0 Å². The first-order valence-electron chi connectivity index (χ1n) is 6.74. The number of benzene rings is 1. The van der Waals surface area contributed by atoms with Crippen LogP contribution >= 0.6 is 0 Å². The Morgan fingerprint density at radius 1 is 1.29 bits per heavy atom. The largest absolute Gasteiger partial charge is 0.378 e. The number of morpholine rings is 1. The van der Waals surface area contributed by atoms with Crippen molar-refractivity contribution < 1.29 is 14.5 Å². The van der Waals surface area contributed by atoms with Crippen LogP contribution < -0.4 is 0 Å². The van der Waals surface area contributed by atoms with Crippen molar-refractivity contribution >= 4 is 22.5 Å². The van der Waals surface area contributed by atoms with Gasteiger partial charge >= 0.3 is 0 Å². The van der Waals surface area contributed by atoms with Gasteiger partial charge in [-0.15, -0.1) is 0 Å². The molecule has 0 unspecified atom stereocenters. The van der Waals surface area contributed by atoms with Crippen LogP contribution in [0.15, 0.2) is 30.5 Å². The fourth-order valence-corrected chi connectivity index (χ4v) is 2.58. The number of ether oxygens (including phenoxy) is 1. The summed E-state index contributed by atoms with van der Waals surface area (Å²) in [6, 6.07) is 6.69. The second-order valence-corrected chi connectivity index (χ2v) is 4.91. The summed E-state index contributed by atoms with van der Waals surface area (Å²) in [4.78, 5) is 24.7. The molecule has 1 aromatic heterocycles. The third-order valence-electron chi connectivity index (χ3n) is 3.63. The molecule has 0 bridgehead atoms. The number of non-ortho nitro benzene ring substituents is 1. The predicted octanol–water partition coefficient (Wildman–Crippen LogP) is 1.41. The number of amides is 1. The Bertz CT molecular complexity index is 689. The first kappa shape index (κ1) is 13.6. The highest BCUT2D eigenvalue weighted by molar-refractivity contribution is 5.90. The molecule has 110 valence electrons. The number of nitro groups is 1. The number of rotatable bonds is 3. The van der Waals surface area contributed by atoms with E-state index in [9.17, 15) is 14.9 Å². The number of carbonyl (C=O) groups excluding carboxylic acids is 1. The molecule has 1 saturated heterocycles. The molecule has 1 fully saturated rings. The Labute approximate surface area is 120 Å². The van der Waals surface area contributed by atoms with Crippen molar-refractivity contribution in [3.8, 4) is 0 Å².